The summed E-state index contributed by atoms with van der Waals surface area (Å²) in [4.78, 5) is 4.20. The molecule has 0 aliphatic heterocycles. The van der Waals surface area contributed by atoms with Crippen molar-refractivity contribution in [3.05, 3.63) is 36.3 Å². The molecule has 2 N–H and O–H groups in total. The summed E-state index contributed by atoms with van der Waals surface area (Å²) in [5.74, 6) is 0. The molecule has 0 unspecified atom stereocenters. The highest BCUT2D eigenvalue weighted by Crippen LogP contribution is 2.07. The minimum absolute atomic E-state index is 0.532. The maximum Gasteiger partial charge on any atom is 0.162 e. The molecule has 2 rings (SSSR count). The summed E-state index contributed by atoms with van der Waals surface area (Å²) in [6.07, 6.45) is 9.19. The summed E-state index contributed by atoms with van der Waals surface area (Å²) < 4.78 is 1.73. The summed E-state index contributed by atoms with van der Waals surface area (Å²) >= 11 is 0. The predicted molar refractivity (Wildman–Crippen MR) is 51.1 cm³/mol. The van der Waals surface area contributed by atoms with Crippen molar-refractivity contribution in [3.8, 4) is 0 Å². The van der Waals surface area contributed by atoms with E-state index in [-0.39, 0.29) is 0 Å². The molecular formula is C9H10N4. The van der Waals surface area contributed by atoms with Crippen LogP contribution in [0.1, 0.15) is 5.56 Å². The molecule has 0 radical (unpaired) electrons. The number of hydrogen-bond acceptors (Lipinski definition) is 3. The molecule has 4 heteroatoms. The molecule has 0 spiro atoms. The van der Waals surface area contributed by atoms with Gasteiger partial charge in [0, 0.05) is 24.5 Å². The van der Waals surface area contributed by atoms with E-state index in [2.05, 4.69) is 10.1 Å². The average molecular weight is 174 g/mol. The summed E-state index contributed by atoms with van der Waals surface area (Å²) in [5, 5.41) is 4.13. The fraction of sp³-hybridized carbons (Fsp3) is 0.111. The number of aromatic nitrogens is 3. The third-order valence-electron chi connectivity index (χ3n) is 1.74. The molecule has 66 valence electrons. The van der Waals surface area contributed by atoms with Crippen molar-refractivity contribution < 1.29 is 0 Å². The van der Waals surface area contributed by atoms with E-state index >= 15 is 0 Å². The van der Waals surface area contributed by atoms with Gasteiger partial charge in [-0.3, -0.25) is 0 Å². The van der Waals surface area contributed by atoms with Crippen molar-refractivity contribution in [3.63, 3.8) is 0 Å². The average Bonchev–Trinajstić information content (AvgIpc) is 2.58. The topological polar surface area (TPSA) is 56.2 Å². The van der Waals surface area contributed by atoms with E-state index in [9.17, 15) is 0 Å². The summed E-state index contributed by atoms with van der Waals surface area (Å²) in [5.41, 5.74) is 7.20. The standard InChI is InChI=1S/C9H10N4/c10-4-1-3-8-7-12-13-6-2-5-11-9(8)13/h1-3,5-7H,4,10H2. The second kappa shape index (κ2) is 3.37. The van der Waals surface area contributed by atoms with Crippen LogP contribution in [0.5, 0.6) is 0 Å². The van der Waals surface area contributed by atoms with Gasteiger partial charge in [0.25, 0.3) is 0 Å². The molecule has 0 bridgehead atoms. The van der Waals surface area contributed by atoms with Crippen LogP contribution in [0.3, 0.4) is 0 Å². The Morgan fingerprint density at radius 2 is 2.46 bits per heavy atom. The SMILES string of the molecule is NCC=Cc1cnn2cccnc12. The Kier molecular flexibility index (Phi) is 2.06. The van der Waals surface area contributed by atoms with Crippen molar-refractivity contribution in [1.29, 1.82) is 0 Å². The van der Waals surface area contributed by atoms with Crippen molar-refractivity contribution >= 4 is 11.7 Å². The second-order valence-electron chi connectivity index (χ2n) is 2.63. The van der Waals surface area contributed by atoms with Gasteiger partial charge in [-0.25, -0.2) is 9.50 Å². The highest BCUT2D eigenvalue weighted by Gasteiger charge is 1.99. The minimum Gasteiger partial charge on any atom is -0.327 e. The smallest absolute Gasteiger partial charge is 0.162 e. The monoisotopic (exact) mass is 174 g/mol. The van der Waals surface area contributed by atoms with E-state index in [4.69, 9.17) is 5.73 Å². The zero-order valence-corrected chi connectivity index (χ0v) is 7.09. The van der Waals surface area contributed by atoms with Crippen LogP contribution in [0.2, 0.25) is 0 Å². The Labute approximate surface area is 75.7 Å². The first-order valence-corrected chi connectivity index (χ1v) is 4.07. The van der Waals surface area contributed by atoms with Gasteiger partial charge in [-0.1, -0.05) is 12.2 Å². The normalized spacial score (nSPS) is 11.5. The number of rotatable bonds is 2. The third kappa shape index (κ3) is 1.43. The van der Waals surface area contributed by atoms with Crippen LogP contribution < -0.4 is 5.73 Å². The van der Waals surface area contributed by atoms with Crippen LogP contribution in [-0.4, -0.2) is 21.1 Å². The van der Waals surface area contributed by atoms with Crippen LogP contribution in [0.15, 0.2) is 30.7 Å². The highest BCUT2D eigenvalue weighted by atomic mass is 15.2. The van der Waals surface area contributed by atoms with E-state index in [1.165, 1.54) is 0 Å². The first-order chi connectivity index (χ1) is 6.42. The Morgan fingerprint density at radius 3 is 3.31 bits per heavy atom. The van der Waals surface area contributed by atoms with E-state index in [1.54, 1.807) is 16.9 Å². The lowest BCUT2D eigenvalue weighted by Gasteiger charge is -1.90. The Balaban J connectivity index is 2.52. The van der Waals surface area contributed by atoms with Gasteiger partial charge in [-0.2, -0.15) is 5.10 Å². The number of nitrogens with zero attached hydrogens (tertiary/aromatic N) is 3. The summed E-state index contributed by atoms with van der Waals surface area (Å²) in [6, 6.07) is 1.84. The number of nitrogens with two attached hydrogens (primary N) is 1. The van der Waals surface area contributed by atoms with Crippen LogP contribution in [0.25, 0.3) is 11.7 Å². The van der Waals surface area contributed by atoms with Crippen molar-refractivity contribution in [2.24, 2.45) is 5.73 Å². The van der Waals surface area contributed by atoms with E-state index in [0.29, 0.717) is 6.54 Å². The molecule has 0 aliphatic rings. The number of hydrogen-bond donors (Lipinski definition) is 1. The van der Waals surface area contributed by atoms with E-state index in [0.717, 1.165) is 11.2 Å². The lowest BCUT2D eigenvalue weighted by Crippen LogP contribution is -1.92. The van der Waals surface area contributed by atoms with Crippen LogP contribution in [-0.2, 0) is 0 Å². The molecule has 0 saturated heterocycles. The fourth-order valence-corrected chi connectivity index (χ4v) is 1.16. The van der Waals surface area contributed by atoms with Crippen molar-refractivity contribution in [2.75, 3.05) is 6.54 Å². The van der Waals surface area contributed by atoms with Gasteiger partial charge in [-0.15, -0.1) is 0 Å². The number of fused-ring (bicyclic) bond motifs is 1. The summed E-state index contributed by atoms with van der Waals surface area (Å²) in [7, 11) is 0. The molecule has 0 aliphatic carbocycles. The Bertz CT molecular complexity index is 430. The largest absolute Gasteiger partial charge is 0.327 e. The zero-order chi connectivity index (χ0) is 9.10. The molecule has 4 nitrogen and oxygen atoms in total. The first-order valence-electron chi connectivity index (χ1n) is 4.07. The van der Waals surface area contributed by atoms with Crippen LogP contribution >= 0.6 is 0 Å². The lowest BCUT2D eigenvalue weighted by atomic mass is 10.3. The molecule has 0 saturated carbocycles. The van der Waals surface area contributed by atoms with Crippen molar-refractivity contribution in [1.82, 2.24) is 14.6 Å². The quantitative estimate of drug-likeness (QED) is 0.729. The summed E-state index contributed by atoms with van der Waals surface area (Å²) in [6.45, 7) is 0.532. The maximum atomic E-state index is 5.35. The molecule has 2 aromatic heterocycles. The fourth-order valence-electron chi connectivity index (χ4n) is 1.16. The molecule has 0 aromatic carbocycles. The highest BCUT2D eigenvalue weighted by molar-refractivity contribution is 5.64. The van der Waals surface area contributed by atoms with Gasteiger partial charge in [-0.05, 0) is 6.07 Å². The molecule has 0 amide bonds. The third-order valence-corrected chi connectivity index (χ3v) is 1.74. The van der Waals surface area contributed by atoms with Crippen LogP contribution in [0.4, 0.5) is 0 Å². The van der Waals surface area contributed by atoms with Crippen LogP contribution in [0, 0.1) is 0 Å². The molecular weight excluding hydrogens is 164 g/mol. The molecule has 0 atom stereocenters. The predicted octanol–water partition coefficient (Wildman–Crippen LogP) is 0.701. The van der Waals surface area contributed by atoms with E-state index < -0.39 is 0 Å². The molecule has 0 fully saturated rings. The second-order valence-corrected chi connectivity index (χ2v) is 2.63. The Morgan fingerprint density at radius 1 is 1.54 bits per heavy atom. The van der Waals surface area contributed by atoms with Gasteiger partial charge < -0.3 is 5.73 Å². The van der Waals surface area contributed by atoms with Gasteiger partial charge in [0.15, 0.2) is 5.65 Å². The molecule has 2 heterocycles. The maximum absolute atomic E-state index is 5.35. The molecule has 2 aromatic rings. The Hall–Kier alpha value is -1.68. The van der Waals surface area contributed by atoms with Crippen molar-refractivity contribution in [2.45, 2.75) is 0 Å². The van der Waals surface area contributed by atoms with Gasteiger partial charge in [0.1, 0.15) is 0 Å². The lowest BCUT2D eigenvalue weighted by molar-refractivity contribution is 0.939. The van der Waals surface area contributed by atoms with Gasteiger partial charge in [0.2, 0.25) is 0 Å². The molecule has 13 heavy (non-hydrogen) atoms. The van der Waals surface area contributed by atoms with Gasteiger partial charge in [0.05, 0.1) is 6.20 Å². The van der Waals surface area contributed by atoms with Gasteiger partial charge >= 0.3 is 0 Å². The zero-order valence-electron chi connectivity index (χ0n) is 7.09. The minimum atomic E-state index is 0.532. The van der Waals surface area contributed by atoms with E-state index in [1.807, 2.05) is 24.4 Å². The first kappa shape index (κ1) is 7.94.